The second kappa shape index (κ2) is 11.8. The lowest BCUT2D eigenvalue weighted by atomic mass is 9.86. The van der Waals surface area contributed by atoms with Gasteiger partial charge in [-0.05, 0) is 37.8 Å². The molecule has 0 bridgehead atoms. The highest BCUT2D eigenvalue weighted by atomic mass is 19.4. The van der Waals surface area contributed by atoms with Crippen molar-refractivity contribution < 1.29 is 32.6 Å². The van der Waals surface area contributed by atoms with Crippen molar-refractivity contribution in [2.24, 2.45) is 5.41 Å². The van der Waals surface area contributed by atoms with Gasteiger partial charge in [-0.2, -0.15) is 18.2 Å². The number of carboxylic acids is 1. The minimum atomic E-state index is -4.57. The number of carbonyl (C=O) groups is 2. The molecule has 3 N–H and O–H groups in total. The van der Waals surface area contributed by atoms with E-state index >= 15 is 0 Å². The number of aromatic amines is 1. The molecule has 238 valence electrons. The first-order valence-electron chi connectivity index (χ1n) is 14.7. The van der Waals surface area contributed by atoms with Crippen molar-refractivity contribution >= 4 is 34.7 Å². The maximum atomic E-state index is 14.1. The lowest BCUT2D eigenvalue weighted by Gasteiger charge is -2.34. The zero-order valence-electron chi connectivity index (χ0n) is 24.8. The molecule has 0 saturated heterocycles. The highest BCUT2D eigenvalue weighted by Crippen LogP contribution is 2.46. The molecule has 2 aliphatic rings. The first kappa shape index (κ1) is 30.5. The summed E-state index contributed by atoms with van der Waals surface area (Å²) in [6.45, 7) is 0.830. The molecule has 2 fully saturated rings. The molecule has 0 unspecified atom stereocenters. The average Bonchev–Trinajstić information content (AvgIpc) is 3.33. The van der Waals surface area contributed by atoms with Crippen LogP contribution in [0.5, 0.6) is 0 Å². The number of nitrogens with zero attached hydrogens (tertiary/aromatic N) is 6. The summed E-state index contributed by atoms with van der Waals surface area (Å²) < 4.78 is 49.1. The number of nitrogens with one attached hydrogen (secondary N) is 2. The molecule has 1 amide bonds. The molecule has 4 heterocycles. The number of alkyl halides is 3. The Hall–Kier alpha value is -4.53. The van der Waals surface area contributed by atoms with E-state index in [2.05, 4.69) is 30.2 Å². The number of hydrogen-bond donors (Lipinski definition) is 3. The molecule has 4 aromatic rings. The standard InChI is InChI=1S/C30H33F3N8O4/c1-40(14-29(15-45-2)7-3-4-8-29)22-10-20(18-9-19(30(31,32)33)24(34-11-18)17-5-6-17)36-26-25(22)37-28(38-26)39-27(44)21-12-41(16-35-21)13-23(42)43/h9-12,16-17H,3-8,13-15H2,1-2H3,(H,42,43)(H2,36,37,38,39,44). The molecule has 0 radical (unpaired) electrons. The van der Waals surface area contributed by atoms with Crippen LogP contribution in [0.25, 0.3) is 22.4 Å². The number of hydrogen-bond acceptors (Lipinski definition) is 8. The van der Waals surface area contributed by atoms with Gasteiger partial charge in [0.15, 0.2) is 5.65 Å². The molecular formula is C30H33F3N8O4. The van der Waals surface area contributed by atoms with E-state index in [1.807, 2.05) is 11.9 Å². The molecule has 45 heavy (non-hydrogen) atoms. The van der Waals surface area contributed by atoms with E-state index in [4.69, 9.17) is 9.84 Å². The Balaban J connectivity index is 1.39. The molecule has 0 aromatic carbocycles. The van der Waals surface area contributed by atoms with Gasteiger partial charge in [0.05, 0.1) is 35.6 Å². The van der Waals surface area contributed by atoms with Gasteiger partial charge in [0.2, 0.25) is 5.95 Å². The van der Waals surface area contributed by atoms with Crippen LogP contribution in [-0.2, 0) is 22.3 Å². The summed E-state index contributed by atoms with van der Waals surface area (Å²) in [6.07, 6.45) is 4.87. The van der Waals surface area contributed by atoms with Crippen LogP contribution in [0.3, 0.4) is 0 Å². The highest BCUT2D eigenvalue weighted by Gasteiger charge is 2.40. The van der Waals surface area contributed by atoms with Gasteiger partial charge in [0.1, 0.15) is 17.8 Å². The summed E-state index contributed by atoms with van der Waals surface area (Å²) in [7, 11) is 3.58. The molecule has 0 aliphatic heterocycles. The van der Waals surface area contributed by atoms with E-state index in [-0.39, 0.29) is 52.1 Å². The van der Waals surface area contributed by atoms with Gasteiger partial charge in [-0.15, -0.1) is 0 Å². The second-order valence-corrected chi connectivity index (χ2v) is 12.0. The third kappa shape index (κ3) is 6.48. The molecule has 0 atom stereocenters. The van der Waals surface area contributed by atoms with Crippen molar-refractivity contribution in [1.29, 1.82) is 0 Å². The Kier molecular flexibility index (Phi) is 7.97. The Morgan fingerprint density at radius 3 is 2.62 bits per heavy atom. The van der Waals surface area contributed by atoms with Crippen LogP contribution in [-0.4, -0.2) is 73.8 Å². The van der Waals surface area contributed by atoms with Gasteiger partial charge in [-0.3, -0.25) is 19.9 Å². The SMILES string of the molecule is COCC1(CN(C)c2cc(-c3cnc(C4CC4)c(C(F)(F)F)c3)nc3nc(NC(=O)c4cn(CC(=O)O)cn4)[nH]c23)CCCC1. The van der Waals surface area contributed by atoms with Crippen LogP contribution in [0.1, 0.15) is 66.2 Å². The largest absolute Gasteiger partial charge is 0.480 e. The van der Waals surface area contributed by atoms with Crippen LogP contribution in [0.2, 0.25) is 0 Å². The number of anilines is 2. The number of carboxylic acid groups (broad SMARTS) is 1. The number of aromatic nitrogens is 6. The number of amides is 1. The molecule has 15 heteroatoms. The molecule has 0 spiro atoms. The van der Waals surface area contributed by atoms with E-state index in [1.54, 1.807) is 13.2 Å². The number of imidazole rings is 2. The fourth-order valence-electron chi connectivity index (χ4n) is 6.26. The van der Waals surface area contributed by atoms with E-state index in [0.717, 1.165) is 31.7 Å². The Morgan fingerprint density at radius 2 is 1.96 bits per heavy atom. The fraction of sp³-hybridized carbons (Fsp3) is 0.467. The number of halogens is 3. The van der Waals surface area contributed by atoms with Crippen LogP contribution >= 0.6 is 0 Å². The number of fused-ring (bicyclic) bond motifs is 1. The maximum Gasteiger partial charge on any atom is 0.418 e. The Bertz CT molecular complexity index is 1740. The molecule has 12 nitrogen and oxygen atoms in total. The van der Waals surface area contributed by atoms with Crippen molar-refractivity contribution in [3.8, 4) is 11.3 Å². The molecular weight excluding hydrogens is 593 g/mol. The lowest BCUT2D eigenvalue weighted by molar-refractivity contribution is -0.139. The predicted molar refractivity (Wildman–Crippen MR) is 158 cm³/mol. The van der Waals surface area contributed by atoms with Crippen molar-refractivity contribution in [1.82, 2.24) is 29.5 Å². The number of methoxy groups -OCH3 is 1. The molecule has 2 aliphatic carbocycles. The lowest BCUT2D eigenvalue weighted by Crippen LogP contribution is -2.37. The third-order valence-electron chi connectivity index (χ3n) is 8.44. The van der Waals surface area contributed by atoms with E-state index in [9.17, 15) is 22.8 Å². The number of ether oxygens (including phenoxy) is 1. The zero-order chi connectivity index (χ0) is 31.9. The molecule has 4 aromatic heterocycles. The number of rotatable bonds is 11. The van der Waals surface area contributed by atoms with Gasteiger partial charge >= 0.3 is 12.1 Å². The van der Waals surface area contributed by atoms with Crippen molar-refractivity contribution in [2.75, 3.05) is 37.5 Å². The number of carbonyl (C=O) groups excluding carboxylic acids is 1. The number of aliphatic carboxylic acids is 1. The minimum Gasteiger partial charge on any atom is -0.480 e. The first-order chi connectivity index (χ1) is 21.4. The summed E-state index contributed by atoms with van der Waals surface area (Å²) in [6, 6.07) is 2.81. The van der Waals surface area contributed by atoms with Crippen LogP contribution in [0, 0.1) is 5.41 Å². The summed E-state index contributed by atoms with van der Waals surface area (Å²) in [5, 5.41) is 11.6. The van der Waals surface area contributed by atoms with Gasteiger partial charge < -0.3 is 24.3 Å². The van der Waals surface area contributed by atoms with Crippen molar-refractivity contribution in [3.63, 3.8) is 0 Å². The summed E-state index contributed by atoms with van der Waals surface area (Å²) in [4.78, 5) is 46.3. The second-order valence-electron chi connectivity index (χ2n) is 12.0. The number of pyridine rings is 2. The van der Waals surface area contributed by atoms with Gasteiger partial charge in [-0.1, -0.05) is 12.8 Å². The smallest absolute Gasteiger partial charge is 0.418 e. The van der Waals surface area contributed by atoms with Crippen molar-refractivity contribution in [3.05, 3.63) is 47.8 Å². The van der Waals surface area contributed by atoms with Gasteiger partial charge in [0, 0.05) is 50.0 Å². The quantitative estimate of drug-likeness (QED) is 0.207. The molecule has 6 rings (SSSR count). The zero-order valence-corrected chi connectivity index (χ0v) is 24.8. The monoisotopic (exact) mass is 626 g/mol. The molecule has 2 saturated carbocycles. The topological polar surface area (TPSA) is 151 Å². The Labute approximate surface area is 256 Å². The van der Waals surface area contributed by atoms with E-state index in [1.165, 1.54) is 23.3 Å². The predicted octanol–water partition coefficient (Wildman–Crippen LogP) is 5.09. The summed E-state index contributed by atoms with van der Waals surface area (Å²) in [5.41, 5.74) is 0.946. The van der Waals surface area contributed by atoms with Crippen molar-refractivity contribution in [2.45, 2.75) is 57.2 Å². The summed E-state index contributed by atoms with van der Waals surface area (Å²) >= 11 is 0. The van der Waals surface area contributed by atoms with Gasteiger partial charge in [-0.25, -0.2) is 9.97 Å². The van der Waals surface area contributed by atoms with E-state index < -0.39 is 23.6 Å². The minimum absolute atomic E-state index is 0.0213. The number of H-pyrrole nitrogens is 1. The average molecular weight is 627 g/mol. The van der Waals surface area contributed by atoms with Crippen LogP contribution < -0.4 is 10.2 Å². The Morgan fingerprint density at radius 1 is 1.20 bits per heavy atom. The van der Waals surface area contributed by atoms with Crippen LogP contribution in [0.15, 0.2) is 30.9 Å². The van der Waals surface area contributed by atoms with Gasteiger partial charge in [0.25, 0.3) is 5.91 Å². The first-order valence-corrected chi connectivity index (χ1v) is 14.7. The maximum absolute atomic E-state index is 14.1. The van der Waals surface area contributed by atoms with Crippen LogP contribution in [0.4, 0.5) is 24.8 Å². The highest BCUT2D eigenvalue weighted by molar-refractivity contribution is 6.03. The summed E-state index contributed by atoms with van der Waals surface area (Å²) in [5.74, 6) is -1.86. The fourth-order valence-corrected chi connectivity index (χ4v) is 6.26. The third-order valence-corrected chi connectivity index (χ3v) is 8.44. The normalized spacial score (nSPS) is 16.3. The van der Waals surface area contributed by atoms with E-state index in [0.29, 0.717) is 37.2 Å².